The summed E-state index contributed by atoms with van der Waals surface area (Å²) in [5.74, 6) is 0. The van der Waals surface area contributed by atoms with E-state index < -0.39 is 10.0 Å². The molecule has 0 spiro atoms. The number of carbonyl (C=O) groups excluding carboxylic acids is 1. The van der Waals surface area contributed by atoms with Crippen molar-refractivity contribution < 1.29 is 13.2 Å². The zero-order valence-electron chi connectivity index (χ0n) is 7.65. The van der Waals surface area contributed by atoms with E-state index in [-0.39, 0.29) is 6.42 Å². The molecule has 1 aromatic carbocycles. The Hall–Kier alpha value is -1.36. The summed E-state index contributed by atoms with van der Waals surface area (Å²) >= 11 is 0. The van der Waals surface area contributed by atoms with Gasteiger partial charge in [-0.2, -0.15) is 0 Å². The Bertz CT molecular complexity index is 425. The van der Waals surface area contributed by atoms with Crippen LogP contribution in [0.15, 0.2) is 24.3 Å². The van der Waals surface area contributed by atoms with Crippen LogP contribution in [-0.4, -0.2) is 21.0 Å². The van der Waals surface area contributed by atoms with Gasteiger partial charge in [0.15, 0.2) is 0 Å². The number of hydrogen-bond acceptors (Lipinski definition) is 3. The molecule has 0 aliphatic heterocycles. The fourth-order valence-electron chi connectivity index (χ4n) is 1.04. The molecule has 0 aromatic heterocycles. The Labute approximate surface area is 83.0 Å². The lowest BCUT2D eigenvalue weighted by molar-refractivity contribution is 0.555. The summed E-state index contributed by atoms with van der Waals surface area (Å²) in [6.45, 7) is 0. The molecule has 0 fully saturated rings. The van der Waals surface area contributed by atoms with Gasteiger partial charge in [0.2, 0.25) is 16.3 Å². The Kier molecular flexibility index (Phi) is 3.24. The normalized spacial score (nSPS) is 10.9. The Morgan fingerprint density at radius 3 is 2.71 bits per heavy atom. The van der Waals surface area contributed by atoms with E-state index in [2.05, 4.69) is 4.72 Å². The predicted molar refractivity (Wildman–Crippen MR) is 54.3 cm³/mol. The Balaban J connectivity index is 2.88. The second-order valence-corrected chi connectivity index (χ2v) is 4.64. The van der Waals surface area contributed by atoms with Crippen molar-refractivity contribution in [3.63, 3.8) is 0 Å². The van der Waals surface area contributed by atoms with Crippen molar-refractivity contribution >= 4 is 22.0 Å². The van der Waals surface area contributed by atoms with Crippen molar-refractivity contribution in [3.8, 4) is 0 Å². The number of sulfonamides is 1. The first-order valence-electron chi connectivity index (χ1n) is 3.93. The molecule has 0 unspecified atom stereocenters. The minimum absolute atomic E-state index is 0.166. The Morgan fingerprint density at radius 1 is 1.43 bits per heavy atom. The standard InChI is InChI=1S/C9H10NO3S/c1-14(12,13)10-9-4-2-3-8(7-9)5-6-11/h2-4,7,10H,5H2,1H3. The zero-order chi connectivity index (χ0) is 10.6. The van der Waals surface area contributed by atoms with Gasteiger partial charge in [-0.3, -0.25) is 9.52 Å². The molecular formula is C9H10NO3S. The fourth-order valence-corrected chi connectivity index (χ4v) is 1.60. The molecule has 1 aromatic rings. The van der Waals surface area contributed by atoms with E-state index in [9.17, 15) is 13.2 Å². The second-order valence-electron chi connectivity index (χ2n) is 2.90. The smallest absolute Gasteiger partial charge is 0.229 e. The second kappa shape index (κ2) is 4.23. The third-order valence-electron chi connectivity index (χ3n) is 1.51. The molecule has 0 heterocycles. The molecule has 0 aliphatic carbocycles. The van der Waals surface area contributed by atoms with Crippen LogP contribution >= 0.6 is 0 Å². The molecule has 0 amide bonds. The SMILES string of the molecule is CS(=O)(=O)Nc1cccc(C[C]=O)c1. The molecule has 0 saturated heterocycles. The van der Waals surface area contributed by atoms with Gasteiger partial charge in [0.05, 0.1) is 6.26 Å². The molecule has 75 valence electrons. The van der Waals surface area contributed by atoms with Crippen molar-refractivity contribution in [1.29, 1.82) is 0 Å². The molecular weight excluding hydrogens is 202 g/mol. The minimum Gasteiger partial charge on any atom is -0.291 e. The molecule has 0 aliphatic rings. The van der Waals surface area contributed by atoms with E-state index in [1.807, 2.05) is 0 Å². The van der Waals surface area contributed by atoms with Gasteiger partial charge in [0.25, 0.3) is 0 Å². The average Bonchev–Trinajstić information content (AvgIpc) is 2.02. The van der Waals surface area contributed by atoms with Gasteiger partial charge in [0.1, 0.15) is 0 Å². The van der Waals surface area contributed by atoms with Crippen LogP contribution in [0.25, 0.3) is 0 Å². The van der Waals surface area contributed by atoms with E-state index in [1.54, 1.807) is 30.6 Å². The van der Waals surface area contributed by atoms with Gasteiger partial charge in [-0.05, 0) is 17.7 Å². The van der Waals surface area contributed by atoms with Gasteiger partial charge < -0.3 is 0 Å². The number of anilines is 1. The molecule has 0 saturated carbocycles. The monoisotopic (exact) mass is 212 g/mol. The third kappa shape index (κ3) is 3.57. The molecule has 0 atom stereocenters. The lowest BCUT2D eigenvalue weighted by Gasteiger charge is -2.04. The van der Waals surface area contributed by atoms with Crippen LogP contribution in [0, 0.1) is 0 Å². The molecule has 1 radical (unpaired) electrons. The fraction of sp³-hybridized carbons (Fsp3) is 0.222. The minimum atomic E-state index is -3.26. The topological polar surface area (TPSA) is 63.2 Å². The van der Waals surface area contributed by atoms with Gasteiger partial charge in [-0.25, -0.2) is 8.42 Å². The van der Waals surface area contributed by atoms with Crippen molar-refractivity contribution in [2.75, 3.05) is 11.0 Å². The zero-order valence-corrected chi connectivity index (χ0v) is 8.47. The van der Waals surface area contributed by atoms with Crippen LogP contribution in [0.3, 0.4) is 0 Å². The molecule has 14 heavy (non-hydrogen) atoms. The molecule has 0 bridgehead atoms. The highest BCUT2D eigenvalue weighted by Crippen LogP contribution is 2.11. The number of nitrogens with one attached hydrogen (secondary N) is 1. The average molecular weight is 212 g/mol. The van der Waals surface area contributed by atoms with E-state index in [0.717, 1.165) is 11.8 Å². The van der Waals surface area contributed by atoms with Crippen LogP contribution < -0.4 is 4.72 Å². The number of rotatable bonds is 4. The first kappa shape index (κ1) is 10.7. The van der Waals surface area contributed by atoms with Crippen molar-refractivity contribution in [2.24, 2.45) is 0 Å². The summed E-state index contributed by atoms with van der Waals surface area (Å²) in [5.41, 5.74) is 1.19. The summed E-state index contributed by atoms with van der Waals surface area (Å²) in [4.78, 5) is 10.1. The van der Waals surface area contributed by atoms with E-state index in [4.69, 9.17) is 0 Å². The van der Waals surface area contributed by atoms with Gasteiger partial charge in [0, 0.05) is 12.1 Å². The summed E-state index contributed by atoms with van der Waals surface area (Å²) in [7, 11) is -3.26. The summed E-state index contributed by atoms with van der Waals surface area (Å²) in [6.07, 6.45) is 2.99. The van der Waals surface area contributed by atoms with E-state index in [0.29, 0.717) is 5.69 Å². The van der Waals surface area contributed by atoms with E-state index in [1.165, 1.54) is 0 Å². The lowest BCUT2D eigenvalue weighted by atomic mass is 10.1. The van der Waals surface area contributed by atoms with Gasteiger partial charge >= 0.3 is 0 Å². The maximum absolute atomic E-state index is 10.9. The maximum atomic E-state index is 10.9. The highest BCUT2D eigenvalue weighted by atomic mass is 32.2. The summed E-state index contributed by atoms with van der Waals surface area (Å²) < 4.78 is 24.1. The van der Waals surface area contributed by atoms with Crippen molar-refractivity contribution in [3.05, 3.63) is 29.8 Å². The van der Waals surface area contributed by atoms with Crippen LogP contribution in [0.1, 0.15) is 5.56 Å². The predicted octanol–water partition coefficient (Wildman–Crippen LogP) is 0.710. The highest BCUT2D eigenvalue weighted by molar-refractivity contribution is 7.92. The lowest BCUT2D eigenvalue weighted by Crippen LogP contribution is -2.09. The van der Waals surface area contributed by atoms with Crippen LogP contribution in [0.5, 0.6) is 0 Å². The maximum Gasteiger partial charge on any atom is 0.229 e. The van der Waals surface area contributed by atoms with Crippen molar-refractivity contribution in [1.82, 2.24) is 0 Å². The number of hydrogen-bond donors (Lipinski definition) is 1. The van der Waals surface area contributed by atoms with Gasteiger partial charge in [-0.1, -0.05) is 12.1 Å². The molecule has 1 rings (SSSR count). The molecule has 4 nitrogen and oxygen atoms in total. The van der Waals surface area contributed by atoms with Crippen molar-refractivity contribution in [2.45, 2.75) is 6.42 Å². The Morgan fingerprint density at radius 2 is 2.14 bits per heavy atom. The summed E-state index contributed by atoms with van der Waals surface area (Å²) in [6, 6.07) is 6.64. The van der Waals surface area contributed by atoms with Gasteiger partial charge in [-0.15, -0.1) is 0 Å². The van der Waals surface area contributed by atoms with Crippen LogP contribution in [-0.2, 0) is 21.2 Å². The van der Waals surface area contributed by atoms with E-state index >= 15 is 0 Å². The molecule has 1 N–H and O–H groups in total. The quantitative estimate of drug-likeness (QED) is 0.799. The first-order chi connectivity index (χ1) is 6.51. The van der Waals surface area contributed by atoms with Crippen LogP contribution in [0.2, 0.25) is 0 Å². The summed E-state index contributed by atoms with van der Waals surface area (Å²) in [5, 5.41) is 0. The third-order valence-corrected chi connectivity index (χ3v) is 2.11. The number of benzene rings is 1. The highest BCUT2D eigenvalue weighted by Gasteiger charge is 2.01. The largest absolute Gasteiger partial charge is 0.291 e. The molecule has 5 heteroatoms. The van der Waals surface area contributed by atoms with Crippen LogP contribution in [0.4, 0.5) is 5.69 Å². The first-order valence-corrected chi connectivity index (χ1v) is 5.82.